The fourth-order valence-corrected chi connectivity index (χ4v) is 2.27. The minimum atomic E-state index is -4.44. The quantitative estimate of drug-likeness (QED) is 0.798. The predicted molar refractivity (Wildman–Crippen MR) is 61.3 cm³/mol. The van der Waals surface area contributed by atoms with Crippen LogP contribution < -0.4 is 4.74 Å². The highest BCUT2D eigenvalue weighted by molar-refractivity contribution is 9.10. The minimum absolute atomic E-state index is 0.161. The van der Waals surface area contributed by atoms with E-state index < -0.39 is 11.7 Å². The molecular formula is C10H5BrF3NOS. The van der Waals surface area contributed by atoms with Crippen LogP contribution in [0.2, 0.25) is 0 Å². The Morgan fingerprint density at radius 3 is 2.53 bits per heavy atom. The molecule has 0 aliphatic rings. The Morgan fingerprint density at radius 2 is 1.94 bits per heavy atom. The van der Waals surface area contributed by atoms with E-state index in [1.807, 2.05) is 0 Å². The number of ether oxygens (including phenoxy) is 1. The number of benzene rings is 1. The zero-order valence-electron chi connectivity index (χ0n) is 8.16. The van der Waals surface area contributed by atoms with E-state index in [1.165, 1.54) is 18.2 Å². The summed E-state index contributed by atoms with van der Waals surface area (Å²) >= 11 is 4.22. The number of nitrogens with zero attached hydrogens (tertiary/aromatic N) is 1. The molecule has 1 aromatic heterocycles. The first kappa shape index (κ1) is 12.4. The molecule has 0 aliphatic heterocycles. The lowest BCUT2D eigenvalue weighted by Crippen LogP contribution is -2.06. The molecule has 0 aliphatic carbocycles. The minimum Gasteiger partial charge on any atom is -0.430 e. The number of hydrogen-bond donors (Lipinski definition) is 0. The first-order chi connectivity index (χ1) is 7.97. The molecule has 1 aromatic carbocycles. The van der Waals surface area contributed by atoms with E-state index >= 15 is 0 Å². The van der Waals surface area contributed by atoms with Crippen LogP contribution in [0.5, 0.6) is 10.9 Å². The third kappa shape index (κ3) is 2.98. The average molecular weight is 324 g/mol. The first-order valence-corrected chi connectivity index (χ1v) is 6.09. The van der Waals surface area contributed by atoms with Crippen molar-refractivity contribution in [2.45, 2.75) is 6.18 Å². The van der Waals surface area contributed by atoms with Crippen LogP contribution in [0.3, 0.4) is 0 Å². The molecule has 0 saturated heterocycles. The molecule has 90 valence electrons. The van der Waals surface area contributed by atoms with Gasteiger partial charge in [0.1, 0.15) is 10.4 Å². The van der Waals surface area contributed by atoms with Crippen LogP contribution in [0.25, 0.3) is 0 Å². The molecule has 1 heterocycles. The van der Waals surface area contributed by atoms with Crippen molar-refractivity contribution in [3.63, 3.8) is 0 Å². The summed E-state index contributed by atoms with van der Waals surface area (Å²) in [6.07, 6.45) is -4.44. The van der Waals surface area contributed by atoms with Crippen LogP contribution in [-0.4, -0.2) is 4.98 Å². The van der Waals surface area contributed by atoms with Gasteiger partial charge in [-0.15, -0.1) is 0 Å². The summed E-state index contributed by atoms with van der Waals surface area (Å²) in [5.41, 5.74) is -0.814. The molecule has 0 bridgehead atoms. The fraction of sp³-hybridized carbons (Fsp3) is 0.100. The van der Waals surface area contributed by atoms with E-state index in [0.717, 1.165) is 17.4 Å². The van der Waals surface area contributed by atoms with Gasteiger partial charge < -0.3 is 4.74 Å². The van der Waals surface area contributed by atoms with Gasteiger partial charge in [-0.2, -0.15) is 18.2 Å². The largest absolute Gasteiger partial charge is 0.430 e. The Morgan fingerprint density at radius 1 is 1.24 bits per heavy atom. The fourth-order valence-electron chi connectivity index (χ4n) is 1.17. The topological polar surface area (TPSA) is 22.1 Å². The summed E-state index contributed by atoms with van der Waals surface area (Å²) in [4.78, 5) is 3.87. The van der Waals surface area contributed by atoms with Crippen LogP contribution in [0.15, 0.2) is 34.2 Å². The van der Waals surface area contributed by atoms with Gasteiger partial charge in [0.2, 0.25) is 0 Å². The number of para-hydroxylation sites is 1. The molecule has 2 nitrogen and oxygen atoms in total. The molecule has 0 atom stereocenters. The van der Waals surface area contributed by atoms with E-state index in [9.17, 15) is 13.2 Å². The van der Waals surface area contributed by atoms with Crippen molar-refractivity contribution in [2.24, 2.45) is 0 Å². The normalized spacial score (nSPS) is 11.5. The lowest BCUT2D eigenvalue weighted by atomic mass is 10.2. The second kappa shape index (κ2) is 4.66. The number of alkyl halides is 3. The Labute approximate surface area is 107 Å². The van der Waals surface area contributed by atoms with E-state index in [0.29, 0.717) is 4.60 Å². The zero-order valence-corrected chi connectivity index (χ0v) is 10.6. The van der Waals surface area contributed by atoms with Crippen LogP contribution in [0, 0.1) is 0 Å². The lowest BCUT2D eigenvalue weighted by Gasteiger charge is -2.11. The van der Waals surface area contributed by atoms with E-state index in [2.05, 4.69) is 20.9 Å². The molecule has 0 spiro atoms. The van der Waals surface area contributed by atoms with Gasteiger partial charge in [-0.3, -0.25) is 0 Å². The summed E-state index contributed by atoms with van der Waals surface area (Å²) in [5, 5.41) is 1.79. The van der Waals surface area contributed by atoms with E-state index in [-0.39, 0.29) is 10.9 Å². The smallest absolute Gasteiger partial charge is 0.419 e. The van der Waals surface area contributed by atoms with Gasteiger partial charge in [-0.1, -0.05) is 23.5 Å². The van der Waals surface area contributed by atoms with E-state index in [1.54, 1.807) is 5.38 Å². The van der Waals surface area contributed by atoms with Crippen molar-refractivity contribution in [1.82, 2.24) is 4.98 Å². The van der Waals surface area contributed by atoms with Gasteiger partial charge in [0.05, 0.1) is 5.56 Å². The summed E-state index contributed by atoms with van der Waals surface area (Å²) in [5.74, 6) is -0.248. The van der Waals surface area contributed by atoms with Gasteiger partial charge in [0.25, 0.3) is 5.19 Å². The summed E-state index contributed by atoms with van der Waals surface area (Å²) in [7, 11) is 0. The number of hydrogen-bond acceptors (Lipinski definition) is 3. The molecular weight excluding hydrogens is 319 g/mol. The average Bonchev–Trinajstić information content (AvgIpc) is 2.63. The van der Waals surface area contributed by atoms with Crippen LogP contribution in [0.1, 0.15) is 5.56 Å². The Kier molecular flexibility index (Phi) is 3.39. The van der Waals surface area contributed by atoms with Gasteiger partial charge >= 0.3 is 6.18 Å². The maximum absolute atomic E-state index is 12.7. The SMILES string of the molecule is FC(F)(F)c1ccccc1Oc1nc(Br)cs1. The summed E-state index contributed by atoms with van der Waals surface area (Å²) in [6, 6.07) is 5.02. The molecule has 0 amide bonds. The van der Waals surface area contributed by atoms with Crippen molar-refractivity contribution in [1.29, 1.82) is 0 Å². The molecule has 17 heavy (non-hydrogen) atoms. The number of rotatable bonds is 2. The monoisotopic (exact) mass is 323 g/mol. The predicted octanol–water partition coefficient (Wildman–Crippen LogP) is 4.72. The molecule has 0 radical (unpaired) electrons. The first-order valence-electron chi connectivity index (χ1n) is 4.42. The summed E-state index contributed by atoms with van der Waals surface area (Å²) in [6.45, 7) is 0. The standard InChI is InChI=1S/C10H5BrF3NOS/c11-8-5-17-9(15-8)16-7-4-2-1-3-6(7)10(12,13)14/h1-5H. The van der Waals surface area contributed by atoms with Gasteiger partial charge in [-0.25, -0.2) is 0 Å². The van der Waals surface area contributed by atoms with Gasteiger partial charge in [-0.05, 0) is 28.1 Å². The molecule has 0 fully saturated rings. The third-order valence-electron chi connectivity index (χ3n) is 1.84. The van der Waals surface area contributed by atoms with Gasteiger partial charge in [0.15, 0.2) is 0 Å². The molecule has 2 aromatic rings. The zero-order chi connectivity index (χ0) is 12.5. The Balaban J connectivity index is 2.33. The van der Waals surface area contributed by atoms with Crippen molar-refractivity contribution in [2.75, 3.05) is 0 Å². The molecule has 2 rings (SSSR count). The Bertz CT molecular complexity index is 526. The third-order valence-corrected chi connectivity index (χ3v) is 3.27. The van der Waals surface area contributed by atoms with Crippen molar-refractivity contribution < 1.29 is 17.9 Å². The number of halogens is 4. The molecule has 0 saturated carbocycles. The van der Waals surface area contributed by atoms with Crippen LogP contribution in [0.4, 0.5) is 13.2 Å². The maximum Gasteiger partial charge on any atom is 0.419 e. The van der Waals surface area contributed by atoms with Crippen molar-refractivity contribution >= 4 is 27.3 Å². The maximum atomic E-state index is 12.7. The highest BCUT2D eigenvalue weighted by Gasteiger charge is 2.34. The number of thiazole rings is 1. The second-order valence-electron chi connectivity index (χ2n) is 3.03. The summed E-state index contributed by atoms with van der Waals surface area (Å²) < 4.78 is 43.6. The van der Waals surface area contributed by atoms with Crippen LogP contribution >= 0.6 is 27.3 Å². The van der Waals surface area contributed by atoms with Crippen molar-refractivity contribution in [3.8, 4) is 10.9 Å². The van der Waals surface area contributed by atoms with Crippen LogP contribution in [-0.2, 0) is 6.18 Å². The Hall–Kier alpha value is -1.08. The number of aromatic nitrogens is 1. The highest BCUT2D eigenvalue weighted by atomic mass is 79.9. The van der Waals surface area contributed by atoms with E-state index in [4.69, 9.17) is 4.74 Å². The van der Waals surface area contributed by atoms with Crippen molar-refractivity contribution in [3.05, 3.63) is 39.8 Å². The lowest BCUT2D eigenvalue weighted by molar-refractivity contribution is -0.138. The second-order valence-corrected chi connectivity index (χ2v) is 4.67. The molecule has 7 heteroatoms. The highest BCUT2D eigenvalue weighted by Crippen LogP contribution is 2.38. The van der Waals surface area contributed by atoms with Gasteiger partial charge in [0, 0.05) is 5.38 Å². The molecule has 0 N–H and O–H groups in total. The molecule has 0 unspecified atom stereocenters.